The van der Waals surface area contributed by atoms with Gasteiger partial charge in [-0.2, -0.15) is 9.82 Å². The largest absolute Gasteiger partial charge is 0.392 e. The van der Waals surface area contributed by atoms with Gasteiger partial charge in [-0.3, -0.25) is 5.10 Å². The highest BCUT2D eigenvalue weighted by Crippen LogP contribution is 2.27. The van der Waals surface area contributed by atoms with Crippen molar-refractivity contribution in [3.63, 3.8) is 0 Å². The summed E-state index contributed by atoms with van der Waals surface area (Å²) in [4.78, 5) is 0.204. The third-order valence-corrected chi connectivity index (χ3v) is 5.10. The third kappa shape index (κ3) is 3.52. The Labute approximate surface area is 118 Å². The zero-order valence-corrected chi connectivity index (χ0v) is 12.1. The highest BCUT2D eigenvalue weighted by atomic mass is 32.2. The molecule has 6 nitrogen and oxygen atoms in total. The molecule has 1 aromatic rings. The number of rotatable bonds is 5. The number of hydrogen-bond donors (Lipinski definition) is 3. The lowest BCUT2D eigenvalue weighted by Gasteiger charge is -2.29. The molecule has 1 aromatic heterocycles. The smallest absolute Gasteiger partial charge is 0.258 e. The second-order valence-electron chi connectivity index (χ2n) is 4.82. The number of hydrogen-bond acceptors (Lipinski definition) is 4. The lowest BCUT2D eigenvalue weighted by atomic mass is 9.84. The van der Waals surface area contributed by atoms with Crippen molar-refractivity contribution in [2.45, 2.75) is 43.2 Å². The van der Waals surface area contributed by atoms with Crippen LogP contribution < -0.4 is 10.5 Å². The van der Waals surface area contributed by atoms with Crippen molar-refractivity contribution in [1.82, 2.24) is 14.9 Å². The zero-order valence-electron chi connectivity index (χ0n) is 10.5. The number of thiocarbonyl (C=S) groups is 1. The lowest BCUT2D eigenvalue weighted by molar-refractivity contribution is 0.330. The molecule has 0 aliphatic heterocycles. The fourth-order valence-electron chi connectivity index (χ4n) is 2.48. The first-order chi connectivity index (χ1) is 9.00. The van der Waals surface area contributed by atoms with Crippen LogP contribution >= 0.6 is 12.2 Å². The highest BCUT2D eigenvalue weighted by molar-refractivity contribution is 7.89. The SMILES string of the molecule is NC(=S)C(NS(=O)(=O)c1ccn[nH]1)C1CCCCC1. The van der Waals surface area contributed by atoms with Crippen LogP contribution in [0.3, 0.4) is 0 Å². The van der Waals surface area contributed by atoms with Crippen molar-refractivity contribution in [2.24, 2.45) is 11.7 Å². The normalized spacial score (nSPS) is 19.2. The predicted molar refractivity (Wildman–Crippen MR) is 76.1 cm³/mol. The average Bonchev–Trinajstić information content (AvgIpc) is 2.91. The van der Waals surface area contributed by atoms with Crippen molar-refractivity contribution < 1.29 is 8.42 Å². The van der Waals surface area contributed by atoms with Gasteiger partial charge in [0.25, 0.3) is 10.0 Å². The molecule has 1 aliphatic carbocycles. The molecule has 0 saturated heterocycles. The summed E-state index contributed by atoms with van der Waals surface area (Å²) in [5, 5.41) is 6.12. The standard InChI is InChI=1S/C11H18N4O2S2/c12-11(18)10(8-4-2-1-3-5-8)15-19(16,17)9-6-7-13-14-9/h6-8,10,15H,1-5H2,(H2,12,18)(H,13,14). The Bertz CT molecular complexity index is 521. The number of nitrogens with two attached hydrogens (primary N) is 1. The Kier molecular flexibility index (Phi) is 4.54. The summed E-state index contributed by atoms with van der Waals surface area (Å²) in [5.74, 6) is 0.184. The van der Waals surface area contributed by atoms with Crippen molar-refractivity contribution in [2.75, 3.05) is 0 Å². The zero-order chi connectivity index (χ0) is 13.9. The van der Waals surface area contributed by atoms with Crippen LogP contribution in [0.25, 0.3) is 0 Å². The predicted octanol–water partition coefficient (Wildman–Crippen LogP) is 0.923. The maximum atomic E-state index is 12.2. The second kappa shape index (κ2) is 5.98. The Morgan fingerprint density at radius 1 is 1.47 bits per heavy atom. The molecule has 1 atom stereocenters. The third-order valence-electron chi connectivity index (χ3n) is 3.47. The van der Waals surface area contributed by atoms with Crippen LogP contribution in [-0.2, 0) is 10.0 Å². The quantitative estimate of drug-likeness (QED) is 0.702. The number of sulfonamides is 1. The van der Waals surface area contributed by atoms with Gasteiger partial charge in [-0.15, -0.1) is 0 Å². The van der Waals surface area contributed by atoms with E-state index in [4.69, 9.17) is 18.0 Å². The minimum atomic E-state index is -3.65. The minimum Gasteiger partial charge on any atom is -0.392 e. The maximum Gasteiger partial charge on any atom is 0.258 e. The Morgan fingerprint density at radius 3 is 2.68 bits per heavy atom. The second-order valence-corrected chi connectivity index (χ2v) is 6.97. The van der Waals surface area contributed by atoms with Crippen molar-refractivity contribution in [1.29, 1.82) is 0 Å². The molecule has 1 heterocycles. The Morgan fingerprint density at radius 2 is 2.16 bits per heavy atom. The van der Waals surface area contributed by atoms with E-state index in [9.17, 15) is 8.42 Å². The fourth-order valence-corrected chi connectivity index (χ4v) is 4.00. The van der Waals surface area contributed by atoms with E-state index in [0.29, 0.717) is 0 Å². The van der Waals surface area contributed by atoms with Crippen LogP contribution in [0.5, 0.6) is 0 Å². The first-order valence-electron chi connectivity index (χ1n) is 6.32. The molecule has 0 spiro atoms. The molecular formula is C11H18N4O2S2. The molecule has 0 bridgehead atoms. The van der Waals surface area contributed by atoms with Gasteiger partial charge in [0.1, 0.15) is 0 Å². The van der Waals surface area contributed by atoms with E-state index in [2.05, 4.69) is 14.9 Å². The van der Waals surface area contributed by atoms with Gasteiger partial charge < -0.3 is 5.73 Å². The molecule has 0 aromatic carbocycles. The van der Waals surface area contributed by atoms with Crippen LogP contribution in [0.1, 0.15) is 32.1 Å². The van der Waals surface area contributed by atoms with Gasteiger partial charge in [0, 0.05) is 0 Å². The molecule has 4 N–H and O–H groups in total. The number of aromatic amines is 1. The number of nitrogens with zero attached hydrogens (tertiary/aromatic N) is 1. The molecule has 8 heteroatoms. The summed E-state index contributed by atoms with van der Waals surface area (Å²) in [7, 11) is -3.65. The van der Waals surface area contributed by atoms with Crippen LogP contribution in [-0.4, -0.2) is 29.6 Å². The molecule has 1 saturated carbocycles. The summed E-state index contributed by atoms with van der Waals surface area (Å²) in [5.41, 5.74) is 5.71. The van der Waals surface area contributed by atoms with Crippen LogP contribution in [0.2, 0.25) is 0 Å². The van der Waals surface area contributed by atoms with Gasteiger partial charge >= 0.3 is 0 Å². The monoisotopic (exact) mass is 302 g/mol. The number of aromatic nitrogens is 2. The summed E-state index contributed by atoms with van der Waals surface area (Å²) in [6.07, 6.45) is 6.67. The van der Waals surface area contributed by atoms with Gasteiger partial charge in [-0.25, -0.2) is 8.42 Å². The minimum absolute atomic E-state index is 0.0320. The molecule has 0 radical (unpaired) electrons. The van der Waals surface area contributed by atoms with E-state index in [-0.39, 0.29) is 15.9 Å². The van der Waals surface area contributed by atoms with Gasteiger partial charge in [-0.1, -0.05) is 31.5 Å². The first kappa shape index (κ1) is 14.4. The lowest BCUT2D eigenvalue weighted by Crippen LogP contribution is -2.48. The molecule has 0 amide bonds. The van der Waals surface area contributed by atoms with Crippen molar-refractivity contribution >= 4 is 27.2 Å². The molecule has 2 rings (SSSR count). The molecular weight excluding hydrogens is 284 g/mol. The molecule has 106 valence electrons. The van der Waals surface area contributed by atoms with Crippen LogP contribution in [0.4, 0.5) is 0 Å². The summed E-state index contributed by atoms with van der Waals surface area (Å²) in [6.45, 7) is 0. The summed E-state index contributed by atoms with van der Waals surface area (Å²) in [6, 6.07) is 0.920. The van der Waals surface area contributed by atoms with Crippen molar-refractivity contribution in [3.05, 3.63) is 12.3 Å². The topological polar surface area (TPSA) is 101 Å². The average molecular weight is 302 g/mol. The summed E-state index contributed by atoms with van der Waals surface area (Å²) < 4.78 is 26.9. The van der Waals surface area contributed by atoms with E-state index >= 15 is 0 Å². The maximum absolute atomic E-state index is 12.2. The van der Waals surface area contributed by atoms with E-state index in [1.807, 2.05) is 0 Å². The molecule has 1 unspecified atom stereocenters. The van der Waals surface area contributed by atoms with E-state index < -0.39 is 16.1 Å². The first-order valence-corrected chi connectivity index (χ1v) is 8.21. The fraction of sp³-hybridized carbons (Fsp3) is 0.636. The molecule has 19 heavy (non-hydrogen) atoms. The molecule has 1 aliphatic rings. The number of nitrogens with one attached hydrogen (secondary N) is 2. The van der Waals surface area contributed by atoms with Crippen molar-refractivity contribution in [3.8, 4) is 0 Å². The summed E-state index contributed by atoms with van der Waals surface area (Å²) >= 11 is 5.02. The van der Waals surface area contributed by atoms with Crippen LogP contribution in [0.15, 0.2) is 17.3 Å². The highest BCUT2D eigenvalue weighted by Gasteiger charge is 2.30. The van der Waals surface area contributed by atoms with Crippen LogP contribution in [0, 0.1) is 5.92 Å². The van der Waals surface area contributed by atoms with Gasteiger partial charge in [0.05, 0.1) is 17.2 Å². The van der Waals surface area contributed by atoms with E-state index in [1.54, 1.807) is 0 Å². The Hall–Kier alpha value is -0.990. The van der Waals surface area contributed by atoms with E-state index in [0.717, 1.165) is 25.7 Å². The van der Waals surface area contributed by atoms with Gasteiger partial charge in [-0.05, 0) is 24.8 Å². The van der Waals surface area contributed by atoms with Gasteiger partial charge in [0.15, 0.2) is 5.03 Å². The molecule has 1 fully saturated rings. The Balaban J connectivity index is 2.15. The number of H-pyrrole nitrogens is 1. The van der Waals surface area contributed by atoms with Gasteiger partial charge in [0.2, 0.25) is 0 Å². The van der Waals surface area contributed by atoms with E-state index in [1.165, 1.54) is 18.7 Å².